The number of carbonyl (C=O) groups excluding carboxylic acids is 1. The Balaban J connectivity index is 2.94. The first-order chi connectivity index (χ1) is 9.51. The van der Waals surface area contributed by atoms with Gasteiger partial charge in [-0.1, -0.05) is 38.9 Å². The van der Waals surface area contributed by atoms with Gasteiger partial charge in [-0.2, -0.15) is 0 Å². The summed E-state index contributed by atoms with van der Waals surface area (Å²) in [4.78, 5) is 15.3. The Hall–Kier alpha value is -0.680. The maximum Gasteiger partial charge on any atom is 0.235 e. The average Bonchev–Trinajstić information content (AvgIpc) is 2.46. The fourth-order valence-electron chi connectivity index (χ4n) is 3.16. The molecule has 0 aromatic heterocycles. The number of ether oxygens (including phenoxy) is 1. The van der Waals surface area contributed by atoms with E-state index in [9.17, 15) is 4.79 Å². The lowest BCUT2D eigenvalue weighted by atomic mass is 9.77. The van der Waals surface area contributed by atoms with Crippen molar-refractivity contribution in [2.24, 2.45) is 11.1 Å². The minimum absolute atomic E-state index is 0.107. The first-order valence-electron chi connectivity index (χ1n) is 7.63. The van der Waals surface area contributed by atoms with Crippen molar-refractivity contribution < 1.29 is 9.53 Å². The van der Waals surface area contributed by atoms with Gasteiger partial charge in [0, 0.05) is 20.2 Å². The lowest BCUT2D eigenvalue weighted by molar-refractivity contribution is -0.142. The number of nitrogens with two attached hydrogens (primary N) is 1. The van der Waals surface area contributed by atoms with Crippen LogP contribution in [0.25, 0.3) is 0 Å². The summed E-state index contributed by atoms with van der Waals surface area (Å²) in [5, 5.41) is 0. The molecule has 1 heterocycles. The second-order valence-corrected chi connectivity index (χ2v) is 6.14. The van der Waals surface area contributed by atoms with E-state index in [1.807, 2.05) is 4.90 Å². The highest BCUT2D eigenvalue weighted by atomic mass is 32.1. The normalized spacial score (nSPS) is 19.9. The quantitative estimate of drug-likeness (QED) is 0.734. The number of thiocarbonyl (C=S) groups is 1. The average molecular weight is 300 g/mol. The van der Waals surface area contributed by atoms with Crippen LogP contribution in [0.2, 0.25) is 0 Å². The van der Waals surface area contributed by atoms with Crippen molar-refractivity contribution >= 4 is 23.1 Å². The molecule has 1 unspecified atom stereocenters. The molecule has 20 heavy (non-hydrogen) atoms. The summed E-state index contributed by atoms with van der Waals surface area (Å²) in [5.41, 5.74) is 5.31. The van der Waals surface area contributed by atoms with E-state index in [1.54, 1.807) is 7.11 Å². The van der Waals surface area contributed by atoms with Gasteiger partial charge in [0.15, 0.2) is 0 Å². The minimum atomic E-state index is -0.658. The molecule has 1 saturated heterocycles. The molecule has 1 rings (SSSR count). The van der Waals surface area contributed by atoms with Crippen molar-refractivity contribution in [1.29, 1.82) is 0 Å². The minimum Gasteiger partial charge on any atom is -0.392 e. The summed E-state index contributed by atoms with van der Waals surface area (Å²) in [6.07, 6.45) is 5.43. The third-order valence-corrected chi connectivity index (χ3v) is 4.62. The topological polar surface area (TPSA) is 55.6 Å². The highest BCUT2D eigenvalue weighted by Gasteiger charge is 2.43. The van der Waals surface area contributed by atoms with Gasteiger partial charge in [-0.15, -0.1) is 0 Å². The predicted octanol–water partition coefficient (Wildman–Crippen LogP) is 2.50. The molecule has 0 saturated carbocycles. The summed E-state index contributed by atoms with van der Waals surface area (Å²) >= 11 is 5.26. The first kappa shape index (κ1) is 17.4. The van der Waals surface area contributed by atoms with Gasteiger partial charge >= 0.3 is 0 Å². The van der Waals surface area contributed by atoms with Crippen molar-refractivity contribution in [3.8, 4) is 0 Å². The Labute approximate surface area is 128 Å². The van der Waals surface area contributed by atoms with Crippen LogP contribution in [-0.2, 0) is 9.53 Å². The van der Waals surface area contributed by atoms with Gasteiger partial charge in [-0.25, -0.2) is 0 Å². The molecule has 0 spiro atoms. The van der Waals surface area contributed by atoms with Crippen LogP contribution >= 0.6 is 12.2 Å². The molecular formula is C15H28N2O2S. The Morgan fingerprint density at radius 3 is 2.45 bits per heavy atom. The first-order valence-corrected chi connectivity index (χ1v) is 8.04. The van der Waals surface area contributed by atoms with Crippen LogP contribution in [0.5, 0.6) is 0 Å². The fraction of sp³-hybridized carbons (Fsp3) is 0.867. The van der Waals surface area contributed by atoms with Crippen LogP contribution in [-0.4, -0.2) is 42.1 Å². The van der Waals surface area contributed by atoms with Crippen LogP contribution in [0, 0.1) is 5.41 Å². The van der Waals surface area contributed by atoms with Gasteiger partial charge in [0.05, 0.1) is 16.5 Å². The van der Waals surface area contributed by atoms with Gasteiger partial charge in [0.2, 0.25) is 5.91 Å². The number of methoxy groups -OCH3 is 1. The molecule has 4 nitrogen and oxygen atoms in total. The second-order valence-electron chi connectivity index (χ2n) is 5.70. The van der Waals surface area contributed by atoms with Crippen LogP contribution in [0.3, 0.4) is 0 Å². The largest absolute Gasteiger partial charge is 0.392 e. The number of rotatable bonds is 7. The Bertz CT molecular complexity index is 341. The third kappa shape index (κ3) is 3.70. The predicted molar refractivity (Wildman–Crippen MR) is 85.6 cm³/mol. The molecule has 1 aliphatic rings. The second kappa shape index (κ2) is 7.93. The van der Waals surface area contributed by atoms with Crippen molar-refractivity contribution in [1.82, 2.24) is 4.90 Å². The van der Waals surface area contributed by atoms with Gasteiger partial charge < -0.3 is 15.4 Å². The molecule has 1 aliphatic heterocycles. The number of likely N-dealkylation sites (tertiary alicyclic amines) is 1. The van der Waals surface area contributed by atoms with E-state index in [0.717, 1.165) is 45.1 Å². The summed E-state index contributed by atoms with van der Waals surface area (Å²) < 4.78 is 5.41. The molecule has 0 aromatic rings. The van der Waals surface area contributed by atoms with Crippen molar-refractivity contribution in [3.63, 3.8) is 0 Å². The highest BCUT2D eigenvalue weighted by molar-refractivity contribution is 7.80. The lowest BCUT2D eigenvalue weighted by Gasteiger charge is -2.40. The molecule has 1 amide bonds. The number of hydrogen-bond acceptors (Lipinski definition) is 3. The molecule has 0 aromatic carbocycles. The number of nitrogens with zero attached hydrogens (tertiary/aromatic N) is 1. The summed E-state index contributed by atoms with van der Waals surface area (Å²) in [6, 6.07) is 0. The Morgan fingerprint density at radius 2 is 2.00 bits per heavy atom. The molecule has 0 radical (unpaired) electrons. The zero-order chi connectivity index (χ0) is 15.2. The zero-order valence-electron chi connectivity index (χ0n) is 13.0. The molecule has 2 N–H and O–H groups in total. The van der Waals surface area contributed by atoms with E-state index < -0.39 is 5.41 Å². The molecule has 5 heteroatoms. The smallest absolute Gasteiger partial charge is 0.235 e. The number of carbonyl (C=O) groups is 1. The van der Waals surface area contributed by atoms with Crippen LogP contribution in [0.15, 0.2) is 0 Å². The maximum atomic E-state index is 13.0. The van der Waals surface area contributed by atoms with Crippen molar-refractivity contribution in [3.05, 3.63) is 0 Å². The number of amides is 1. The van der Waals surface area contributed by atoms with Gasteiger partial charge in [0.1, 0.15) is 0 Å². The monoisotopic (exact) mass is 300 g/mol. The molecule has 1 fully saturated rings. The summed E-state index contributed by atoms with van der Waals surface area (Å²) in [5.74, 6) is 0.107. The van der Waals surface area contributed by atoms with E-state index in [0.29, 0.717) is 11.5 Å². The highest BCUT2D eigenvalue weighted by Crippen LogP contribution is 2.34. The van der Waals surface area contributed by atoms with E-state index >= 15 is 0 Å². The standard InChI is InChI=1S/C15H28N2O2S/c1-4-8-15(9-5-2,13(16)20)14(18)17-10-6-7-12(11-17)19-3/h12H,4-11H2,1-3H3,(H2,16,20). The zero-order valence-corrected chi connectivity index (χ0v) is 13.8. The fourth-order valence-corrected chi connectivity index (χ4v) is 3.45. The molecular weight excluding hydrogens is 272 g/mol. The van der Waals surface area contributed by atoms with E-state index in [1.165, 1.54) is 0 Å². The van der Waals surface area contributed by atoms with Crippen LogP contribution < -0.4 is 5.73 Å². The van der Waals surface area contributed by atoms with Crippen molar-refractivity contribution in [2.75, 3.05) is 20.2 Å². The SMILES string of the molecule is CCCC(CCC)(C(=O)N1CCCC(OC)C1)C(N)=S. The van der Waals surface area contributed by atoms with Gasteiger partial charge in [-0.05, 0) is 25.7 Å². The van der Waals surface area contributed by atoms with E-state index in [4.69, 9.17) is 22.7 Å². The van der Waals surface area contributed by atoms with E-state index in [2.05, 4.69) is 13.8 Å². The van der Waals surface area contributed by atoms with Gasteiger partial charge in [-0.3, -0.25) is 4.79 Å². The third-order valence-electron chi connectivity index (χ3n) is 4.23. The summed E-state index contributed by atoms with van der Waals surface area (Å²) in [6.45, 7) is 5.60. The lowest BCUT2D eigenvalue weighted by Crippen LogP contribution is -2.54. The molecule has 0 aliphatic carbocycles. The maximum absolute atomic E-state index is 13.0. The van der Waals surface area contributed by atoms with Gasteiger partial charge in [0.25, 0.3) is 0 Å². The Morgan fingerprint density at radius 1 is 1.40 bits per heavy atom. The molecule has 1 atom stereocenters. The summed E-state index contributed by atoms with van der Waals surface area (Å²) in [7, 11) is 1.71. The van der Waals surface area contributed by atoms with E-state index in [-0.39, 0.29) is 12.0 Å². The molecule has 0 bridgehead atoms. The molecule has 116 valence electrons. The Kier molecular flexibility index (Phi) is 6.89. The van der Waals surface area contributed by atoms with Crippen molar-refractivity contribution in [2.45, 2.75) is 58.5 Å². The number of piperidine rings is 1. The van der Waals surface area contributed by atoms with Crippen LogP contribution in [0.1, 0.15) is 52.4 Å². The number of hydrogen-bond donors (Lipinski definition) is 1. The van der Waals surface area contributed by atoms with Crippen LogP contribution in [0.4, 0.5) is 0 Å².